The summed E-state index contributed by atoms with van der Waals surface area (Å²) in [4.78, 5) is 3.19. The van der Waals surface area contributed by atoms with Crippen LogP contribution in [0.2, 0.25) is 13.1 Å². The SMILES string of the molecule is CC1=C2c3cc(C)sc3C1[Si]2(C)C.[Cl-].[Cl-].[Zr+2][CH]1C=Cc2ccccc21. The van der Waals surface area contributed by atoms with Gasteiger partial charge in [0, 0.05) is 15.3 Å². The van der Waals surface area contributed by atoms with Crippen LogP contribution in [0.25, 0.3) is 11.3 Å². The van der Waals surface area contributed by atoms with E-state index in [0.29, 0.717) is 3.63 Å². The Kier molecular flexibility index (Phi) is 6.50. The Labute approximate surface area is 183 Å². The fraction of sp³-hybridized carbons (Fsp3) is 0.300. The van der Waals surface area contributed by atoms with Crippen LogP contribution in [0, 0.1) is 6.92 Å². The number of rotatable bonds is 0. The van der Waals surface area contributed by atoms with Crippen LogP contribution in [-0.4, -0.2) is 8.07 Å². The molecule has 2 bridgehead atoms. The normalized spacial score (nSPS) is 22.8. The molecule has 25 heavy (non-hydrogen) atoms. The van der Waals surface area contributed by atoms with Crippen LogP contribution < -0.4 is 24.8 Å². The van der Waals surface area contributed by atoms with Gasteiger partial charge >= 0.3 is 75.9 Å². The minimum absolute atomic E-state index is 0. The van der Waals surface area contributed by atoms with Crippen molar-refractivity contribution in [3.05, 3.63) is 68.4 Å². The molecule has 5 heteroatoms. The topological polar surface area (TPSA) is 0 Å². The number of hydrogen-bond donors (Lipinski definition) is 0. The van der Waals surface area contributed by atoms with E-state index in [-0.39, 0.29) is 24.8 Å². The third kappa shape index (κ3) is 3.25. The van der Waals surface area contributed by atoms with Crippen LogP contribution in [0.15, 0.2) is 42.0 Å². The second-order valence-electron chi connectivity index (χ2n) is 7.31. The summed E-state index contributed by atoms with van der Waals surface area (Å²) < 4.78 is 0.711. The van der Waals surface area contributed by atoms with E-state index in [1.165, 1.54) is 16.0 Å². The molecular formula is C20H21Cl2SSiZr. The van der Waals surface area contributed by atoms with Crippen LogP contribution in [0.3, 0.4) is 0 Å². The zero-order valence-corrected chi connectivity index (χ0v) is 20.6. The van der Waals surface area contributed by atoms with E-state index in [1.807, 2.05) is 11.3 Å². The first kappa shape index (κ1) is 21.4. The first-order valence-electron chi connectivity index (χ1n) is 8.21. The van der Waals surface area contributed by atoms with Crippen LogP contribution in [0.4, 0.5) is 0 Å². The number of allylic oxidation sites excluding steroid dienone is 2. The van der Waals surface area contributed by atoms with Crippen LogP contribution in [-0.2, 0) is 24.7 Å². The number of thiophene rings is 1. The van der Waals surface area contributed by atoms with Gasteiger partial charge in [0.05, 0.1) is 8.07 Å². The van der Waals surface area contributed by atoms with Crippen molar-refractivity contribution in [2.45, 2.75) is 36.1 Å². The van der Waals surface area contributed by atoms with Gasteiger partial charge in [-0.05, 0) is 25.5 Å². The Morgan fingerprint density at radius 1 is 1.08 bits per heavy atom. The van der Waals surface area contributed by atoms with Crippen LogP contribution in [0.1, 0.15) is 42.5 Å². The van der Waals surface area contributed by atoms with E-state index in [1.54, 1.807) is 45.9 Å². The van der Waals surface area contributed by atoms with Crippen molar-refractivity contribution >= 4 is 30.7 Å². The molecule has 0 saturated heterocycles. The van der Waals surface area contributed by atoms with Gasteiger partial charge in [0.1, 0.15) is 0 Å². The number of fused-ring (bicyclic) bond motifs is 1. The minimum atomic E-state index is -0.995. The zero-order chi connectivity index (χ0) is 16.4. The van der Waals surface area contributed by atoms with E-state index in [9.17, 15) is 0 Å². The molecule has 0 radical (unpaired) electrons. The van der Waals surface area contributed by atoms with Gasteiger partial charge in [0.2, 0.25) is 0 Å². The summed E-state index contributed by atoms with van der Waals surface area (Å²) in [5, 5.41) is 1.77. The van der Waals surface area contributed by atoms with Gasteiger partial charge in [0.25, 0.3) is 0 Å². The maximum atomic E-state index is 2.52. The Hall–Kier alpha value is 0.0800. The van der Waals surface area contributed by atoms with Gasteiger partial charge in [-0.15, -0.1) is 11.3 Å². The summed E-state index contributed by atoms with van der Waals surface area (Å²) in [6.45, 7) is 9.59. The summed E-state index contributed by atoms with van der Waals surface area (Å²) in [5.41, 5.74) is 7.11. The molecule has 3 heterocycles. The second kappa shape index (κ2) is 7.60. The molecule has 0 nitrogen and oxygen atoms in total. The molecule has 6 rings (SSSR count). The van der Waals surface area contributed by atoms with Crippen molar-refractivity contribution in [3.63, 3.8) is 0 Å². The fourth-order valence-electron chi connectivity index (χ4n) is 4.54. The summed E-state index contributed by atoms with van der Waals surface area (Å²) in [6.07, 6.45) is 4.50. The number of halogens is 2. The summed E-state index contributed by atoms with van der Waals surface area (Å²) in [5.74, 6) is 0. The summed E-state index contributed by atoms with van der Waals surface area (Å²) >= 11 is 3.61. The maximum absolute atomic E-state index is 2.52. The molecule has 2 aliphatic carbocycles. The monoisotopic (exact) mass is 481 g/mol. The van der Waals surface area contributed by atoms with Crippen molar-refractivity contribution in [2.24, 2.45) is 0 Å². The fourth-order valence-corrected chi connectivity index (χ4v) is 11.8. The molecule has 2 unspecified atom stereocenters. The van der Waals surface area contributed by atoms with E-state index in [0.717, 1.165) is 5.54 Å². The predicted molar refractivity (Wildman–Crippen MR) is 100 cm³/mol. The van der Waals surface area contributed by atoms with E-state index < -0.39 is 8.07 Å². The Morgan fingerprint density at radius 3 is 2.36 bits per heavy atom. The number of benzene rings is 1. The summed E-state index contributed by atoms with van der Waals surface area (Å²) in [7, 11) is -0.995. The molecule has 2 aliphatic heterocycles. The molecule has 1 aromatic heterocycles. The molecule has 0 N–H and O–H groups in total. The Bertz CT molecular complexity index is 866. The van der Waals surface area contributed by atoms with Gasteiger partial charge in [-0.1, -0.05) is 23.9 Å². The molecule has 0 fully saturated rings. The van der Waals surface area contributed by atoms with Crippen LogP contribution in [0.5, 0.6) is 0 Å². The average Bonchev–Trinajstić information content (AvgIpc) is 3.16. The van der Waals surface area contributed by atoms with Crippen molar-refractivity contribution in [2.75, 3.05) is 0 Å². The third-order valence-electron chi connectivity index (χ3n) is 5.41. The van der Waals surface area contributed by atoms with Gasteiger partial charge in [0.15, 0.2) is 0 Å². The standard InChI is InChI=1S/C11H14SSi.C9H7.2ClH.Zr/c1-6-5-8-9(12-6)11-7(2)10(8)13(11,3)4;1-2-5-9-7-3-6-8(9)4-1;;;/h5,11H,1-4H3;1-7H;2*1H;/q;;;;+2/p-2. The molecule has 2 atom stereocenters. The molecular weight excluding hydrogens is 463 g/mol. The molecule has 0 amide bonds. The average molecular weight is 484 g/mol. The third-order valence-corrected chi connectivity index (χ3v) is 12.1. The Balaban J connectivity index is 0.000000172. The molecule has 0 saturated carbocycles. The second-order valence-corrected chi connectivity index (χ2v) is 14.7. The van der Waals surface area contributed by atoms with Crippen molar-refractivity contribution < 1.29 is 49.5 Å². The van der Waals surface area contributed by atoms with Crippen LogP contribution >= 0.6 is 11.3 Å². The molecule has 4 aliphatic rings. The number of aryl methyl sites for hydroxylation is 1. The van der Waals surface area contributed by atoms with Gasteiger partial charge in [-0.2, -0.15) is 0 Å². The first-order chi connectivity index (χ1) is 10.9. The van der Waals surface area contributed by atoms with Crippen molar-refractivity contribution in [1.29, 1.82) is 0 Å². The summed E-state index contributed by atoms with van der Waals surface area (Å²) in [6, 6.07) is 11.0. The molecule has 1 aromatic carbocycles. The van der Waals surface area contributed by atoms with Gasteiger partial charge in [-0.3, -0.25) is 0 Å². The molecule has 2 aromatic rings. The molecule has 0 spiro atoms. The first-order valence-corrected chi connectivity index (χ1v) is 13.5. The quantitative estimate of drug-likeness (QED) is 0.464. The van der Waals surface area contributed by atoms with Gasteiger partial charge in [-0.25, -0.2) is 0 Å². The zero-order valence-electron chi connectivity index (χ0n) is 14.9. The molecule has 129 valence electrons. The number of hydrogen-bond acceptors (Lipinski definition) is 1. The predicted octanol–water partition coefficient (Wildman–Crippen LogP) is 0.0369. The van der Waals surface area contributed by atoms with E-state index in [4.69, 9.17) is 0 Å². The van der Waals surface area contributed by atoms with Gasteiger partial charge < -0.3 is 24.8 Å². The van der Waals surface area contributed by atoms with E-state index in [2.05, 4.69) is 69.4 Å². The van der Waals surface area contributed by atoms with E-state index >= 15 is 0 Å². The Morgan fingerprint density at radius 2 is 1.76 bits per heavy atom. The van der Waals surface area contributed by atoms with Crippen molar-refractivity contribution in [1.82, 2.24) is 0 Å². The van der Waals surface area contributed by atoms with Crippen molar-refractivity contribution in [3.8, 4) is 0 Å².